The van der Waals surface area contributed by atoms with Crippen molar-refractivity contribution in [3.63, 3.8) is 0 Å². The molecule has 0 aromatic rings. The van der Waals surface area contributed by atoms with Crippen molar-refractivity contribution in [2.24, 2.45) is 0 Å². The maximum Gasteiger partial charge on any atom is 1.00 e. The second-order valence-electron chi connectivity index (χ2n) is 1.71. The number of aliphatic hydroxyl groups is 1. The molecule has 0 unspecified atom stereocenters. The molecule has 5 heteroatoms. The van der Waals surface area contributed by atoms with Gasteiger partial charge in [0.2, 0.25) is 0 Å². The molecule has 0 atom stereocenters. The van der Waals surface area contributed by atoms with Crippen LogP contribution in [0.4, 0.5) is 0 Å². The van der Waals surface area contributed by atoms with Gasteiger partial charge in [0.1, 0.15) is 9.84 Å². The third kappa shape index (κ3) is 12.2. The monoisotopic (exact) mass is 162 g/mol. The van der Waals surface area contributed by atoms with Crippen LogP contribution in [0.2, 0.25) is 0 Å². The van der Waals surface area contributed by atoms with Crippen molar-refractivity contribution >= 4 is 9.84 Å². The predicted octanol–water partition coefficient (Wildman–Crippen LogP) is -3.47. The molecule has 0 radical (unpaired) electrons. The molecule has 0 saturated heterocycles. The molecule has 3 nitrogen and oxygen atoms in total. The topological polar surface area (TPSA) is 54.4 Å². The molecule has 0 aromatic heterocycles. The summed E-state index contributed by atoms with van der Waals surface area (Å²) in [6.45, 7) is -0.0485. The first-order valence-electron chi connectivity index (χ1n) is 2.35. The first-order valence-corrected chi connectivity index (χ1v) is 4.41. The van der Waals surface area contributed by atoms with Crippen LogP contribution >= 0.6 is 0 Å². The van der Waals surface area contributed by atoms with E-state index in [4.69, 9.17) is 5.11 Å². The van der Waals surface area contributed by atoms with E-state index in [9.17, 15) is 8.42 Å². The van der Waals surface area contributed by atoms with Gasteiger partial charge in [0.25, 0.3) is 0 Å². The summed E-state index contributed by atoms with van der Waals surface area (Å²) in [5.41, 5.74) is 0. The minimum Gasteiger partial charge on any atom is -1.00 e. The summed E-state index contributed by atoms with van der Waals surface area (Å²) in [6, 6.07) is 0. The Morgan fingerprint density at radius 1 is 1.56 bits per heavy atom. The molecular weight excluding hydrogens is 151 g/mol. The van der Waals surface area contributed by atoms with Crippen LogP contribution in [0.25, 0.3) is 0 Å². The van der Waals surface area contributed by atoms with Crippen LogP contribution in [0.3, 0.4) is 0 Å². The van der Waals surface area contributed by atoms with Crippen molar-refractivity contribution in [3.05, 3.63) is 0 Å². The third-order valence-corrected chi connectivity index (χ3v) is 1.70. The third-order valence-electron chi connectivity index (χ3n) is 0.673. The fraction of sp³-hybridized carbons (Fsp3) is 1.00. The number of aliphatic hydroxyl groups excluding tert-OH is 1. The largest absolute Gasteiger partial charge is 1.00 e. The second-order valence-corrected chi connectivity index (χ2v) is 3.97. The van der Waals surface area contributed by atoms with E-state index in [0.717, 1.165) is 6.26 Å². The Hall–Kier alpha value is 0.910. The van der Waals surface area contributed by atoms with Crippen molar-refractivity contribution in [1.29, 1.82) is 0 Å². The van der Waals surface area contributed by atoms with Gasteiger partial charge in [-0.3, -0.25) is 0 Å². The van der Waals surface area contributed by atoms with E-state index in [1.807, 2.05) is 0 Å². The fourth-order valence-corrected chi connectivity index (χ4v) is 0.980. The molecule has 0 heterocycles. The van der Waals surface area contributed by atoms with Crippen LogP contribution in [0.15, 0.2) is 0 Å². The van der Waals surface area contributed by atoms with Crippen molar-refractivity contribution in [2.75, 3.05) is 18.6 Å². The summed E-state index contributed by atoms with van der Waals surface area (Å²) in [5, 5.41) is 8.17. The van der Waals surface area contributed by atoms with Crippen LogP contribution < -0.4 is 29.6 Å². The maximum absolute atomic E-state index is 10.3. The summed E-state index contributed by atoms with van der Waals surface area (Å²) in [6.07, 6.45) is 1.50. The molecular formula is C4H11NaO3S. The van der Waals surface area contributed by atoms with E-state index in [1.165, 1.54) is 0 Å². The van der Waals surface area contributed by atoms with E-state index < -0.39 is 9.84 Å². The maximum atomic E-state index is 10.3. The van der Waals surface area contributed by atoms with Gasteiger partial charge >= 0.3 is 29.6 Å². The van der Waals surface area contributed by atoms with Crippen molar-refractivity contribution in [1.82, 2.24) is 0 Å². The number of hydrogen-bond acceptors (Lipinski definition) is 3. The fourth-order valence-electron chi connectivity index (χ4n) is 0.327. The van der Waals surface area contributed by atoms with Gasteiger partial charge in [-0.15, -0.1) is 0 Å². The molecule has 0 fully saturated rings. The normalized spacial score (nSPS) is 10.4. The van der Waals surface area contributed by atoms with E-state index in [-0.39, 0.29) is 43.3 Å². The minimum atomic E-state index is -2.85. The Kier molecular flexibility index (Phi) is 7.93. The Balaban J connectivity index is -0.000000245. The molecule has 0 amide bonds. The summed E-state index contributed by atoms with van der Waals surface area (Å²) >= 11 is 0. The molecule has 0 aliphatic rings. The Morgan fingerprint density at radius 3 is 2.11 bits per heavy atom. The van der Waals surface area contributed by atoms with E-state index in [1.54, 1.807) is 0 Å². The van der Waals surface area contributed by atoms with Gasteiger partial charge in [-0.2, -0.15) is 0 Å². The average molecular weight is 162 g/mol. The summed E-state index contributed by atoms with van der Waals surface area (Å²) < 4.78 is 20.6. The summed E-state index contributed by atoms with van der Waals surface area (Å²) in [4.78, 5) is 0. The van der Waals surface area contributed by atoms with Gasteiger partial charge in [0.15, 0.2) is 0 Å². The van der Waals surface area contributed by atoms with E-state index >= 15 is 0 Å². The van der Waals surface area contributed by atoms with Crippen LogP contribution in [-0.4, -0.2) is 32.1 Å². The zero-order valence-electron chi connectivity index (χ0n) is 6.79. The number of sulfone groups is 1. The van der Waals surface area contributed by atoms with Gasteiger partial charge in [-0.1, -0.05) is 0 Å². The van der Waals surface area contributed by atoms with Gasteiger partial charge in [0, 0.05) is 12.9 Å². The zero-order valence-corrected chi connectivity index (χ0v) is 8.61. The van der Waals surface area contributed by atoms with Gasteiger partial charge in [0.05, 0.1) is 5.75 Å². The standard InChI is InChI=1S/C4H10O3S.Na.H/c1-8(6,7)4-2-3-5;;/h5H,2-4H2,1H3;;/q;+1;-1. The molecule has 0 rings (SSSR count). The quantitative estimate of drug-likeness (QED) is 0.439. The Bertz CT molecular complexity index is 145. The van der Waals surface area contributed by atoms with Crippen LogP contribution in [0.1, 0.15) is 7.85 Å². The van der Waals surface area contributed by atoms with E-state index in [0.29, 0.717) is 6.42 Å². The van der Waals surface area contributed by atoms with E-state index in [2.05, 4.69) is 0 Å². The van der Waals surface area contributed by atoms with Gasteiger partial charge in [-0.05, 0) is 6.42 Å². The smallest absolute Gasteiger partial charge is 1.00 e. The molecule has 0 aliphatic carbocycles. The number of hydrogen-bond donors (Lipinski definition) is 1. The Labute approximate surface area is 79.2 Å². The zero-order chi connectivity index (χ0) is 6.62. The van der Waals surface area contributed by atoms with Crippen LogP contribution in [-0.2, 0) is 9.84 Å². The van der Waals surface area contributed by atoms with Crippen molar-refractivity contribution < 1.29 is 44.5 Å². The predicted molar refractivity (Wildman–Crippen MR) is 32.5 cm³/mol. The summed E-state index contributed by atoms with van der Waals surface area (Å²) in [7, 11) is -2.85. The SMILES string of the molecule is CS(=O)(=O)CCCO.[H-].[Na+]. The van der Waals surface area contributed by atoms with Crippen LogP contribution in [0, 0.1) is 0 Å². The molecule has 0 saturated carbocycles. The van der Waals surface area contributed by atoms with Crippen molar-refractivity contribution in [2.45, 2.75) is 6.42 Å². The van der Waals surface area contributed by atoms with Crippen LogP contribution in [0.5, 0.6) is 0 Å². The second kappa shape index (κ2) is 5.68. The molecule has 0 spiro atoms. The first kappa shape index (κ1) is 12.6. The first-order chi connectivity index (χ1) is 3.56. The molecule has 0 aliphatic heterocycles. The average Bonchev–Trinajstić information content (AvgIpc) is 1.59. The van der Waals surface area contributed by atoms with Gasteiger partial charge < -0.3 is 6.53 Å². The molecule has 52 valence electrons. The molecule has 1 N–H and O–H groups in total. The minimum absolute atomic E-state index is 0. The summed E-state index contributed by atoms with van der Waals surface area (Å²) in [5.74, 6) is 0.0868. The molecule has 0 aromatic carbocycles. The van der Waals surface area contributed by atoms with Gasteiger partial charge in [-0.25, -0.2) is 8.42 Å². The van der Waals surface area contributed by atoms with Crippen molar-refractivity contribution in [3.8, 4) is 0 Å². The number of rotatable bonds is 3. The molecule has 9 heavy (non-hydrogen) atoms. The Morgan fingerprint density at radius 2 is 2.00 bits per heavy atom. The molecule has 0 bridgehead atoms.